The fourth-order valence-electron chi connectivity index (χ4n) is 2.43. The summed E-state index contributed by atoms with van der Waals surface area (Å²) in [4.78, 5) is 23.8. The van der Waals surface area contributed by atoms with Crippen LogP contribution in [0.3, 0.4) is 0 Å². The van der Waals surface area contributed by atoms with Crippen LogP contribution in [-0.4, -0.2) is 36.1 Å². The molecule has 1 saturated carbocycles. The smallest absolute Gasteiger partial charge is 0.255 e. The van der Waals surface area contributed by atoms with Crippen LogP contribution in [0.15, 0.2) is 10.5 Å². The minimum atomic E-state index is -0.315. The molecule has 1 atom stereocenters. The van der Waals surface area contributed by atoms with Crippen LogP contribution < -0.4 is 10.6 Å². The second kappa shape index (κ2) is 6.76. The number of aryl methyl sites for hydroxylation is 2. The number of hydrogen-bond acceptors (Lipinski definition) is 4. The van der Waals surface area contributed by atoms with Crippen molar-refractivity contribution in [2.24, 2.45) is 5.92 Å². The summed E-state index contributed by atoms with van der Waals surface area (Å²) < 4.78 is 5.29. The van der Waals surface area contributed by atoms with Gasteiger partial charge in [-0.1, -0.05) is 0 Å². The normalized spacial score (nSPS) is 15.6. The van der Waals surface area contributed by atoms with E-state index in [-0.39, 0.29) is 31.0 Å². The lowest BCUT2D eigenvalue weighted by molar-refractivity contribution is -0.121. The summed E-state index contributed by atoms with van der Waals surface area (Å²) in [6, 6.07) is 1.67. The molecular formula is C15H22N2O4. The quantitative estimate of drug-likeness (QED) is 0.697. The molecule has 1 aromatic heterocycles. The molecule has 1 heterocycles. The molecule has 21 heavy (non-hydrogen) atoms. The van der Waals surface area contributed by atoms with E-state index in [9.17, 15) is 9.59 Å². The molecule has 6 nitrogen and oxygen atoms in total. The minimum absolute atomic E-state index is 0.0114. The number of amides is 2. The fourth-order valence-corrected chi connectivity index (χ4v) is 2.43. The Labute approximate surface area is 123 Å². The Hall–Kier alpha value is -1.82. The van der Waals surface area contributed by atoms with Crippen molar-refractivity contribution in [1.82, 2.24) is 10.6 Å². The number of carbonyl (C=O) groups is 2. The lowest BCUT2D eigenvalue weighted by atomic mass is 10.1. The Morgan fingerprint density at radius 3 is 2.67 bits per heavy atom. The molecule has 2 rings (SSSR count). The standard InChI is InChI=1S/C15H22N2O4/c1-9-7-12(10(2)21-9)15(20)16-8-14(19)17-13(5-6-18)11-3-4-11/h7,11,13,18H,3-6,8H2,1-2H3,(H,16,20)(H,17,19). The first kappa shape index (κ1) is 15.6. The van der Waals surface area contributed by atoms with E-state index in [2.05, 4.69) is 10.6 Å². The zero-order valence-electron chi connectivity index (χ0n) is 12.4. The van der Waals surface area contributed by atoms with Gasteiger partial charge in [-0.05, 0) is 45.1 Å². The Kier molecular flexibility index (Phi) is 5.01. The van der Waals surface area contributed by atoms with Gasteiger partial charge in [0.15, 0.2) is 0 Å². The van der Waals surface area contributed by atoms with Crippen LogP contribution >= 0.6 is 0 Å². The van der Waals surface area contributed by atoms with Gasteiger partial charge in [0.25, 0.3) is 5.91 Å². The van der Waals surface area contributed by atoms with E-state index in [1.165, 1.54) is 0 Å². The van der Waals surface area contributed by atoms with Gasteiger partial charge in [0, 0.05) is 12.6 Å². The lowest BCUT2D eigenvalue weighted by Gasteiger charge is -2.17. The van der Waals surface area contributed by atoms with Crippen LogP contribution in [-0.2, 0) is 4.79 Å². The van der Waals surface area contributed by atoms with Crippen molar-refractivity contribution in [1.29, 1.82) is 0 Å². The second-order valence-corrected chi connectivity index (χ2v) is 5.53. The highest BCUT2D eigenvalue weighted by molar-refractivity contribution is 5.97. The number of rotatable bonds is 7. The van der Waals surface area contributed by atoms with Gasteiger partial charge in [-0.15, -0.1) is 0 Å². The first-order chi connectivity index (χ1) is 10.0. The molecule has 0 radical (unpaired) electrons. The number of carbonyl (C=O) groups excluding carboxylic acids is 2. The molecule has 1 aromatic rings. The highest BCUT2D eigenvalue weighted by Gasteiger charge is 2.31. The van der Waals surface area contributed by atoms with Gasteiger partial charge < -0.3 is 20.2 Å². The first-order valence-corrected chi connectivity index (χ1v) is 7.26. The molecule has 0 aromatic carbocycles. The van der Waals surface area contributed by atoms with E-state index in [0.717, 1.165) is 12.8 Å². The molecule has 1 aliphatic rings. The Balaban J connectivity index is 1.80. The Bertz CT molecular complexity index is 520. The summed E-state index contributed by atoms with van der Waals surface area (Å²) in [6.45, 7) is 3.47. The van der Waals surface area contributed by atoms with Crippen molar-refractivity contribution in [3.8, 4) is 0 Å². The Morgan fingerprint density at radius 2 is 2.14 bits per heavy atom. The van der Waals surface area contributed by atoms with Crippen molar-refractivity contribution in [3.63, 3.8) is 0 Å². The third-order valence-electron chi connectivity index (χ3n) is 3.67. The van der Waals surface area contributed by atoms with Crippen LogP contribution in [0.5, 0.6) is 0 Å². The predicted molar refractivity (Wildman–Crippen MR) is 76.9 cm³/mol. The largest absolute Gasteiger partial charge is 0.466 e. The number of hydrogen-bond donors (Lipinski definition) is 3. The van der Waals surface area contributed by atoms with Crippen molar-refractivity contribution in [2.45, 2.75) is 39.2 Å². The van der Waals surface area contributed by atoms with Crippen molar-refractivity contribution < 1.29 is 19.1 Å². The molecule has 1 aliphatic carbocycles. The molecule has 3 N–H and O–H groups in total. The van der Waals surface area contributed by atoms with Crippen LogP contribution in [0, 0.1) is 19.8 Å². The van der Waals surface area contributed by atoms with Crippen molar-refractivity contribution in [3.05, 3.63) is 23.2 Å². The highest BCUT2D eigenvalue weighted by Crippen LogP contribution is 2.33. The van der Waals surface area contributed by atoms with Crippen LogP contribution in [0.25, 0.3) is 0 Å². The van der Waals surface area contributed by atoms with E-state index >= 15 is 0 Å². The average Bonchev–Trinajstić information content (AvgIpc) is 3.21. The molecule has 0 saturated heterocycles. The predicted octanol–water partition coefficient (Wildman–Crippen LogP) is 0.903. The molecule has 116 valence electrons. The maximum Gasteiger partial charge on any atom is 0.255 e. The summed E-state index contributed by atoms with van der Waals surface area (Å²) in [5.74, 6) is 1.13. The van der Waals surface area contributed by atoms with E-state index in [0.29, 0.717) is 29.4 Å². The van der Waals surface area contributed by atoms with Gasteiger partial charge in [-0.2, -0.15) is 0 Å². The lowest BCUT2D eigenvalue weighted by Crippen LogP contribution is -2.43. The molecule has 1 fully saturated rings. The van der Waals surface area contributed by atoms with E-state index in [4.69, 9.17) is 9.52 Å². The second-order valence-electron chi connectivity index (χ2n) is 5.53. The molecule has 0 spiro atoms. The molecule has 0 bridgehead atoms. The van der Waals surface area contributed by atoms with Crippen molar-refractivity contribution in [2.75, 3.05) is 13.2 Å². The third kappa shape index (κ3) is 4.32. The topological polar surface area (TPSA) is 91.6 Å². The van der Waals surface area contributed by atoms with Gasteiger partial charge in [-0.25, -0.2) is 0 Å². The zero-order valence-corrected chi connectivity index (χ0v) is 12.4. The summed E-state index contributed by atoms with van der Waals surface area (Å²) in [7, 11) is 0. The fraction of sp³-hybridized carbons (Fsp3) is 0.600. The van der Waals surface area contributed by atoms with Crippen molar-refractivity contribution >= 4 is 11.8 Å². The average molecular weight is 294 g/mol. The summed E-state index contributed by atoms with van der Waals surface area (Å²) in [5, 5.41) is 14.5. The van der Waals surface area contributed by atoms with Gasteiger partial charge in [0.2, 0.25) is 5.91 Å². The van der Waals surface area contributed by atoms with Crippen LogP contribution in [0.1, 0.15) is 41.1 Å². The zero-order chi connectivity index (χ0) is 15.4. The molecule has 0 aliphatic heterocycles. The number of nitrogens with one attached hydrogen (secondary N) is 2. The molecule has 1 unspecified atom stereocenters. The molecular weight excluding hydrogens is 272 g/mol. The number of aliphatic hydroxyl groups excluding tert-OH is 1. The maximum absolute atomic E-state index is 11.9. The third-order valence-corrected chi connectivity index (χ3v) is 3.67. The monoisotopic (exact) mass is 294 g/mol. The summed E-state index contributed by atoms with van der Waals surface area (Å²) in [5.41, 5.74) is 0.453. The van der Waals surface area contributed by atoms with Crippen LogP contribution in [0.2, 0.25) is 0 Å². The SMILES string of the molecule is Cc1cc(C(=O)NCC(=O)NC(CCO)C2CC2)c(C)o1. The summed E-state index contributed by atoms with van der Waals surface area (Å²) in [6.07, 6.45) is 2.74. The van der Waals surface area contributed by atoms with E-state index in [1.807, 2.05) is 0 Å². The van der Waals surface area contributed by atoms with E-state index in [1.54, 1.807) is 19.9 Å². The van der Waals surface area contributed by atoms with Crippen LogP contribution in [0.4, 0.5) is 0 Å². The van der Waals surface area contributed by atoms with Gasteiger partial charge in [0.05, 0.1) is 12.1 Å². The molecule has 2 amide bonds. The maximum atomic E-state index is 11.9. The van der Waals surface area contributed by atoms with Gasteiger partial charge >= 0.3 is 0 Å². The minimum Gasteiger partial charge on any atom is -0.466 e. The Morgan fingerprint density at radius 1 is 1.43 bits per heavy atom. The first-order valence-electron chi connectivity index (χ1n) is 7.26. The van der Waals surface area contributed by atoms with Gasteiger partial charge in [-0.3, -0.25) is 9.59 Å². The highest BCUT2D eigenvalue weighted by atomic mass is 16.3. The summed E-state index contributed by atoms with van der Waals surface area (Å²) >= 11 is 0. The van der Waals surface area contributed by atoms with Gasteiger partial charge in [0.1, 0.15) is 11.5 Å². The number of furan rings is 1. The van der Waals surface area contributed by atoms with E-state index < -0.39 is 0 Å². The molecule has 6 heteroatoms. The number of aliphatic hydroxyl groups is 1.